The van der Waals surface area contributed by atoms with Gasteiger partial charge in [-0.2, -0.15) is 0 Å². The Morgan fingerprint density at radius 2 is 2.28 bits per heavy atom. The molecular formula is C13H17N5. The third-order valence-electron chi connectivity index (χ3n) is 3.47. The van der Waals surface area contributed by atoms with E-state index in [9.17, 15) is 0 Å². The first-order valence-corrected chi connectivity index (χ1v) is 6.42. The van der Waals surface area contributed by atoms with E-state index in [2.05, 4.69) is 24.8 Å². The number of rotatable bonds is 3. The molecule has 3 heterocycles. The molecule has 1 fully saturated rings. The lowest BCUT2D eigenvalue weighted by molar-refractivity contribution is 0.134. The SMILES string of the molecule is c1cc([C@@H]2CCCCN2Cc2ncc[nH]2)ncn1. The molecule has 0 aliphatic carbocycles. The average molecular weight is 243 g/mol. The number of likely N-dealkylation sites (tertiary alicyclic amines) is 1. The Hall–Kier alpha value is -1.75. The highest BCUT2D eigenvalue weighted by Gasteiger charge is 2.25. The first kappa shape index (κ1) is 11.3. The highest BCUT2D eigenvalue weighted by Crippen LogP contribution is 2.30. The van der Waals surface area contributed by atoms with Crippen molar-refractivity contribution in [3.05, 3.63) is 42.5 Å². The van der Waals surface area contributed by atoms with Gasteiger partial charge < -0.3 is 4.98 Å². The van der Waals surface area contributed by atoms with E-state index in [0.717, 1.165) is 31.0 Å². The van der Waals surface area contributed by atoms with Crippen LogP contribution in [0.2, 0.25) is 0 Å². The second-order valence-corrected chi connectivity index (χ2v) is 4.65. The normalized spacial score (nSPS) is 21.0. The van der Waals surface area contributed by atoms with Crippen LogP contribution >= 0.6 is 0 Å². The summed E-state index contributed by atoms with van der Waals surface area (Å²) in [6, 6.07) is 2.41. The van der Waals surface area contributed by atoms with Gasteiger partial charge in [0.05, 0.1) is 18.3 Å². The van der Waals surface area contributed by atoms with Gasteiger partial charge in [-0.15, -0.1) is 0 Å². The summed E-state index contributed by atoms with van der Waals surface area (Å²) >= 11 is 0. The molecule has 0 spiro atoms. The molecule has 1 saturated heterocycles. The van der Waals surface area contributed by atoms with Gasteiger partial charge >= 0.3 is 0 Å². The molecule has 5 heteroatoms. The molecule has 0 radical (unpaired) electrons. The van der Waals surface area contributed by atoms with Crippen LogP contribution in [0.15, 0.2) is 31.0 Å². The third-order valence-corrected chi connectivity index (χ3v) is 3.47. The first-order chi connectivity index (χ1) is 8.93. The second kappa shape index (κ2) is 5.27. The summed E-state index contributed by atoms with van der Waals surface area (Å²) < 4.78 is 0. The summed E-state index contributed by atoms with van der Waals surface area (Å²) in [6.45, 7) is 1.97. The summed E-state index contributed by atoms with van der Waals surface area (Å²) in [7, 11) is 0. The number of aromatic amines is 1. The fourth-order valence-corrected chi connectivity index (χ4v) is 2.59. The van der Waals surface area contributed by atoms with Crippen LogP contribution in [0.3, 0.4) is 0 Å². The van der Waals surface area contributed by atoms with Crippen LogP contribution in [0, 0.1) is 0 Å². The minimum Gasteiger partial charge on any atom is -0.348 e. The van der Waals surface area contributed by atoms with Crippen molar-refractivity contribution in [3.63, 3.8) is 0 Å². The predicted octanol–water partition coefficient (Wildman–Crippen LogP) is 1.93. The maximum atomic E-state index is 4.40. The number of aromatic nitrogens is 4. The molecule has 3 rings (SSSR count). The maximum Gasteiger partial charge on any atom is 0.120 e. The van der Waals surface area contributed by atoms with Crippen LogP contribution < -0.4 is 0 Å². The second-order valence-electron chi connectivity index (χ2n) is 4.65. The monoisotopic (exact) mass is 243 g/mol. The quantitative estimate of drug-likeness (QED) is 0.895. The standard InChI is InChI=1S/C13H17N5/c1-2-8-18(9-13-15-6-7-16-13)12(3-1)11-4-5-14-10-17-11/h4-7,10,12H,1-3,8-9H2,(H,15,16)/t12-/m0/s1. The number of nitrogens with one attached hydrogen (secondary N) is 1. The highest BCUT2D eigenvalue weighted by atomic mass is 15.2. The molecule has 1 atom stereocenters. The van der Waals surface area contributed by atoms with Gasteiger partial charge in [-0.3, -0.25) is 4.90 Å². The van der Waals surface area contributed by atoms with Crippen LogP contribution in [0.5, 0.6) is 0 Å². The number of hydrogen-bond donors (Lipinski definition) is 1. The Labute approximate surface area is 106 Å². The largest absolute Gasteiger partial charge is 0.348 e. The van der Waals surface area contributed by atoms with Crippen molar-refractivity contribution in [1.82, 2.24) is 24.8 Å². The van der Waals surface area contributed by atoms with Crippen LogP contribution in [-0.2, 0) is 6.54 Å². The molecule has 1 aliphatic heterocycles. The van der Waals surface area contributed by atoms with Crippen LogP contribution in [0.1, 0.15) is 36.8 Å². The minimum atomic E-state index is 0.395. The Bertz CT molecular complexity index is 467. The van der Waals surface area contributed by atoms with Crippen LogP contribution in [0.4, 0.5) is 0 Å². The summed E-state index contributed by atoms with van der Waals surface area (Å²) in [5.74, 6) is 1.02. The molecule has 94 valence electrons. The van der Waals surface area contributed by atoms with E-state index >= 15 is 0 Å². The van der Waals surface area contributed by atoms with Gasteiger partial charge in [0.1, 0.15) is 12.2 Å². The zero-order chi connectivity index (χ0) is 12.2. The molecule has 1 N–H and O–H groups in total. The van der Waals surface area contributed by atoms with Crippen molar-refractivity contribution < 1.29 is 0 Å². The summed E-state index contributed by atoms with van der Waals surface area (Å²) in [5.41, 5.74) is 1.12. The number of nitrogens with zero attached hydrogens (tertiary/aromatic N) is 4. The third kappa shape index (κ3) is 2.41. The molecule has 18 heavy (non-hydrogen) atoms. The number of piperidine rings is 1. The van der Waals surface area contributed by atoms with Crippen LogP contribution in [-0.4, -0.2) is 31.4 Å². The smallest absolute Gasteiger partial charge is 0.120 e. The number of hydrogen-bond acceptors (Lipinski definition) is 4. The van der Waals surface area contributed by atoms with Crippen molar-refractivity contribution in [2.24, 2.45) is 0 Å². The van der Waals surface area contributed by atoms with E-state index in [4.69, 9.17) is 0 Å². The zero-order valence-corrected chi connectivity index (χ0v) is 10.3. The Balaban J connectivity index is 1.78. The van der Waals surface area contributed by atoms with E-state index < -0.39 is 0 Å². The number of H-pyrrole nitrogens is 1. The fourth-order valence-electron chi connectivity index (χ4n) is 2.59. The van der Waals surface area contributed by atoms with Gasteiger partial charge in [-0.25, -0.2) is 15.0 Å². The van der Waals surface area contributed by atoms with E-state index in [1.165, 1.54) is 12.8 Å². The average Bonchev–Trinajstić information content (AvgIpc) is 2.93. The fraction of sp³-hybridized carbons (Fsp3) is 0.462. The van der Waals surface area contributed by atoms with Gasteiger partial charge in [0.15, 0.2) is 0 Å². The molecule has 0 bridgehead atoms. The molecule has 2 aromatic rings. The van der Waals surface area contributed by atoms with Gasteiger partial charge in [0.2, 0.25) is 0 Å². The Morgan fingerprint density at radius 3 is 3.06 bits per heavy atom. The topological polar surface area (TPSA) is 57.7 Å². The summed E-state index contributed by atoms with van der Waals surface area (Å²) in [6.07, 6.45) is 10.8. The van der Waals surface area contributed by atoms with Crippen molar-refractivity contribution in [1.29, 1.82) is 0 Å². The van der Waals surface area contributed by atoms with Crippen molar-refractivity contribution >= 4 is 0 Å². The van der Waals surface area contributed by atoms with E-state index in [0.29, 0.717) is 6.04 Å². The summed E-state index contributed by atoms with van der Waals surface area (Å²) in [4.78, 5) is 18.3. The van der Waals surface area contributed by atoms with Gasteiger partial charge in [0.25, 0.3) is 0 Å². The molecule has 0 unspecified atom stereocenters. The molecule has 0 amide bonds. The van der Waals surface area contributed by atoms with Crippen molar-refractivity contribution in [2.75, 3.05) is 6.54 Å². The van der Waals surface area contributed by atoms with E-state index in [-0.39, 0.29) is 0 Å². The Kier molecular flexibility index (Phi) is 3.32. The summed E-state index contributed by atoms with van der Waals surface area (Å²) in [5, 5.41) is 0. The maximum absolute atomic E-state index is 4.40. The molecule has 1 aliphatic rings. The lowest BCUT2D eigenvalue weighted by Crippen LogP contribution is -2.33. The zero-order valence-electron chi connectivity index (χ0n) is 10.3. The predicted molar refractivity (Wildman–Crippen MR) is 67.6 cm³/mol. The lowest BCUT2D eigenvalue weighted by Gasteiger charge is -2.34. The van der Waals surface area contributed by atoms with Gasteiger partial charge in [-0.05, 0) is 25.5 Å². The molecular weight excluding hydrogens is 226 g/mol. The molecule has 0 saturated carbocycles. The highest BCUT2D eigenvalue weighted by molar-refractivity contribution is 5.06. The van der Waals surface area contributed by atoms with Crippen LogP contribution in [0.25, 0.3) is 0 Å². The molecule has 0 aromatic carbocycles. The number of imidazole rings is 1. The van der Waals surface area contributed by atoms with Crippen molar-refractivity contribution in [2.45, 2.75) is 31.8 Å². The van der Waals surface area contributed by atoms with Gasteiger partial charge in [0, 0.05) is 18.6 Å². The Morgan fingerprint density at radius 1 is 1.28 bits per heavy atom. The first-order valence-electron chi connectivity index (χ1n) is 6.42. The molecule has 5 nitrogen and oxygen atoms in total. The molecule has 2 aromatic heterocycles. The van der Waals surface area contributed by atoms with Gasteiger partial charge in [-0.1, -0.05) is 6.42 Å². The lowest BCUT2D eigenvalue weighted by atomic mass is 9.99. The minimum absolute atomic E-state index is 0.395. The van der Waals surface area contributed by atoms with E-state index in [1.807, 2.05) is 18.5 Å². The van der Waals surface area contributed by atoms with E-state index in [1.54, 1.807) is 12.5 Å². The van der Waals surface area contributed by atoms with Crippen molar-refractivity contribution in [3.8, 4) is 0 Å².